The van der Waals surface area contributed by atoms with Crippen LogP contribution in [0.3, 0.4) is 0 Å². The highest BCUT2D eigenvalue weighted by Gasteiger charge is 1.99. The number of hydrogen-bond donors (Lipinski definition) is 0. The quantitative estimate of drug-likeness (QED) is 0.497. The van der Waals surface area contributed by atoms with Gasteiger partial charge in [0.05, 0.1) is 16.6 Å². The van der Waals surface area contributed by atoms with Crippen molar-refractivity contribution in [3.63, 3.8) is 0 Å². The van der Waals surface area contributed by atoms with E-state index in [0.29, 0.717) is 21.7 Å². The molecule has 0 bridgehead atoms. The first-order chi connectivity index (χ1) is 4.74. The van der Waals surface area contributed by atoms with Gasteiger partial charge in [-0.25, -0.2) is 4.98 Å². The van der Waals surface area contributed by atoms with Crippen molar-refractivity contribution in [1.82, 2.24) is 4.98 Å². The van der Waals surface area contributed by atoms with E-state index in [4.69, 9.17) is 34.8 Å². The minimum Gasteiger partial charge on any atom is -0.238 e. The molecule has 4 heteroatoms. The van der Waals surface area contributed by atoms with E-state index >= 15 is 0 Å². The fourth-order valence-electron chi connectivity index (χ4n) is 0.551. The lowest BCUT2D eigenvalue weighted by Gasteiger charge is -1.96. The number of aromatic nitrogens is 1. The van der Waals surface area contributed by atoms with Gasteiger partial charge in [-0.1, -0.05) is 23.2 Å². The van der Waals surface area contributed by atoms with Crippen LogP contribution in [0.2, 0.25) is 10.2 Å². The van der Waals surface area contributed by atoms with Crippen LogP contribution in [0, 0.1) is 0 Å². The van der Waals surface area contributed by atoms with E-state index in [2.05, 4.69) is 4.98 Å². The van der Waals surface area contributed by atoms with Gasteiger partial charge in [0, 0.05) is 0 Å². The normalized spacial score (nSPS) is 9.90. The molecule has 0 N–H and O–H groups in total. The van der Waals surface area contributed by atoms with Gasteiger partial charge in [-0.05, 0) is 12.1 Å². The van der Waals surface area contributed by atoms with Gasteiger partial charge in [0.25, 0.3) is 0 Å². The molecule has 0 radical (unpaired) electrons. The van der Waals surface area contributed by atoms with E-state index in [1.165, 1.54) is 0 Å². The van der Waals surface area contributed by atoms with E-state index in [1.807, 2.05) is 0 Å². The standard InChI is InChI=1S/C6H4Cl3N/c7-3-5-4(8)1-2-6(9)10-5/h1-2H,3H2. The second-order valence-corrected chi connectivity index (χ2v) is 2.76. The van der Waals surface area contributed by atoms with Crippen LogP contribution in [-0.2, 0) is 5.88 Å². The van der Waals surface area contributed by atoms with Crippen molar-refractivity contribution in [1.29, 1.82) is 0 Å². The molecule has 1 rings (SSSR count). The van der Waals surface area contributed by atoms with Crippen molar-refractivity contribution in [2.75, 3.05) is 0 Å². The fraction of sp³-hybridized carbons (Fsp3) is 0.167. The zero-order valence-corrected chi connectivity index (χ0v) is 7.21. The van der Waals surface area contributed by atoms with Crippen LogP contribution in [0.1, 0.15) is 5.69 Å². The fourth-order valence-corrected chi connectivity index (χ4v) is 1.16. The van der Waals surface area contributed by atoms with Gasteiger partial charge >= 0.3 is 0 Å². The summed E-state index contributed by atoms with van der Waals surface area (Å²) in [5.41, 5.74) is 0.621. The van der Waals surface area contributed by atoms with Crippen LogP contribution in [0.15, 0.2) is 12.1 Å². The van der Waals surface area contributed by atoms with Crippen molar-refractivity contribution in [2.45, 2.75) is 5.88 Å². The number of halogens is 3. The highest BCUT2D eigenvalue weighted by atomic mass is 35.5. The van der Waals surface area contributed by atoms with Crippen LogP contribution in [0.5, 0.6) is 0 Å². The Morgan fingerprint density at radius 3 is 2.50 bits per heavy atom. The molecule has 0 atom stereocenters. The molecule has 0 fully saturated rings. The summed E-state index contributed by atoms with van der Waals surface area (Å²) in [7, 11) is 0. The predicted molar refractivity (Wildman–Crippen MR) is 43.8 cm³/mol. The molecule has 10 heavy (non-hydrogen) atoms. The van der Waals surface area contributed by atoms with Gasteiger partial charge in [-0.15, -0.1) is 11.6 Å². The van der Waals surface area contributed by atoms with E-state index in [1.54, 1.807) is 12.1 Å². The topological polar surface area (TPSA) is 12.9 Å². The lowest BCUT2D eigenvalue weighted by Crippen LogP contribution is -1.85. The molecule has 1 aromatic heterocycles. The summed E-state index contributed by atoms with van der Waals surface area (Å²) < 4.78 is 0. The first-order valence-electron chi connectivity index (χ1n) is 2.61. The summed E-state index contributed by atoms with van der Waals surface area (Å²) in [5, 5.41) is 0.972. The van der Waals surface area contributed by atoms with E-state index < -0.39 is 0 Å². The van der Waals surface area contributed by atoms with Gasteiger partial charge in [0.1, 0.15) is 5.15 Å². The van der Waals surface area contributed by atoms with Gasteiger partial charge in [-0.2, -0.15) is 0 Å². The first kappa shape index (κ1) is 8.12. The van der Waals surface area contributed by atoms with E-state index in [-0.39, 0.29) is 0 Å². The summed E-state index contributed by atoms with van der Waals surface area (Å²) >= 11 is 16.8. The third-order valence-corrected chi connectivity index (χ3v) is 1.82. The van der Waals surface area contributed by atoms with E-state index in [9.17, 15) is 0 Å². The molecule has 54 valence electrons. The van der Waals surface area contributed by atoms with Crippen molar-refractivity contribution in [3.05, 3.63) is 28.0 Å². The largest absolute Gasteiger partial charge is 0.238 e. The molecule has 0 aliphatic rings. The Hall–Kier alpha value is 0.0200. The molecule has 1 aromatic rings. The highest BCUT2D eigenvalue weighted by Crippen LogP contribution is 2.17. The Labute approximate surface area is 73.9 Å². The first-order valence-corrected chi connectivity index (χ1v) is 3.90. The molecule has 0 saturated heterocycles. The van der Waals surface area contributed by atoms with Crippen LogP contribution in [0.25, 0.3) is 0 Å². The van der Waals surface area contributed by atoms with Crippen LogP contribution >= 0.6 is 34.8 Å². The monoisotopic (exact) mass is 195 g/mol. The summed E-state index contributed by atoms with van der Waals surface area (Å²) in [6.45, 7) is 0. The summed E-state index contributed by atoms with van der Waals surface area (Å²) in [4.78, 5) is 3.89. The molecule has 0 aliphatic heterocycles. The molecule has 0 saturated carbocycles. The summed E-state index contributed by atoms with van der Waals surface area (Å²) in [5.74, 6) is 0.291. The Morgan fingerprint density at radius 1 is 1.30 bits per heavy atom. The van der Waals surface area contributed by atoms with Crippen LogP contribution in [0.4, 0.5) is 0 Å². The maximum Gasteiger partial charge on any atom is 0.129 e. The summed E-state index contributed by atoms with van der Waals surface area (Å²) in [6, 6.07) is 3.30. The lowest BCUT2D eigenvalue weighted by atomic mass is 10.4. The second-order valence-electron chi connectivity index (χ2n) is 1.70. The SMILES string of the molecule is ClCc1nc(Cl)ccc1Cl. The molecule has 1 heterocycles. The average molecular weight is 196 g/mol. The van der Waals surface area contributed by atoms with Crippen molar-refractivity contribution >= 4 is 34.8 Å². The van der Waals surface area contributed by atoms with Crippen molar-refractivity contribution in [2.24, 2.45) is 0 Å². The summed E-state index contributed by atoms with van der Waals surface area (Å²) in [6.07, 6.45) is 0. The predicted octanol–water partition coefficient (Wildman–Crippen LogP) is 3.13. The zero-order valence-electron chi connectivity index (χ0n) is 4.94. The third-order valence-electron chi connectivity index (χ3n) is 1.01. The maximum atomic E-state index is 5.69. The molecule has 0 aromatic carbocycles. The zero-order chi connectivity index (χ0) is 7.56. The highest BCUT2D eigenvalue weighted by molar-refractivity contribution is 6.33. The lowest BCUT2D eigenvalue weighted by molar-refractivity contribution is 1.17. The van der Waals surface area contributed by atoms with Gasteiger partial charge in [-0.3, -0.25) is 0 Å². The Kier molecular flexibility index (Phi) is 2.78. The number of rotatable bonds is 1. The number of nitrogens with zero attached hydrogens (tertiary/aromatic N) is 1. The molecule has 0 spiro atoms. The number of pyridine rings is 1. The minimum absolute atomic E-state index is 0.291. The Bertz CT molecular complexity index is 236. The molecule has 0 aliphatic carbocycles. The molecule has 1 nitrogen and oxygen atoms in total. The maximum absolute atomic E-state index is 5.69. The molecular formula is C6H4Cl3N. The minimum atomic E-state index is 0.291. The molecule has 0 amide bonds. The van der Waals surface area contributed by atoms with Crippen LogP contribution in [-0.4, -0.2) is 4.98 Å². The number of hydrogen-bond acceptors (Lipinski definition) is 1. The van der Waals surface area contributed by atoms with E-state index in [0.717, 1.165) is 0 Å². The Balaban J connectivity index is 3.09. The smallest absolute Gasteiger partial charge is 0.129 e. The van der Waals surface area contributed by atoms with Crippen LogP contribution < -0.4 is 0 Å². The third kappa shape index (κ3) is 1.75. The molecule has 0 unspecified atom stereocenters. The van der Waals surface area contributed by atoms with Crippen molar-refractivity contribution < 1.29 is 0 Å². The van der Waals surface area contributed by atoms with Gasteiger partial charge in [0.2, 0.25) is 0 Å². The van der Waals surface area contributed by atoms with Gasteiger partial charge in [0.15, 0.2) is 0 Å². The second kappa shape index (κ2) is 3.42. The van der Waals surface area contributed by atoms with Crippen molar-refractivity contribution in [3.8, 4) is 0 Å². The van der Waals surface area contributed by atoms with Gasteiger partial charge < -0.3 is 0 Å². The molecular weight excluding hydrogens is 192 g/mol. The average Bonchev–Trinajstić information content (AvgIpc) is 1.94. The number of alkyl halides is 1. The Morgan fingerprint density at radius 2 is 2.00 bits per heavy atom.